The Balaban J connectivity index is 0.00000289. The number of ether oxygens (including phenoxy) is 1. The number of aryl methyl sites for hydroxylation is 1. The number of fused-ring (bicyclic) bond motifs is 2. The first-order valence-corrected chi connectivity index (χ1v) is 12.4. The minimum Gasteiger partial charge on any atom is -0.488 e. The lowest BCUT2D eigenvalue weighted by atomic mass is 9.86. The molecule has 0 bridgehead atoms. The molecule has 0 spiro atoms. The zero-order valence-electron chi connectivity index (χ0n) is 19.3. The highest BCUT2D eigenvalue weighted by Crippen LogP contribution is 2.31. The Morgan fingerprint density at radius 3 is 2.80 bits per heavy atom. The van der Waals surface area contributed by atoms with E-state index < -0.39 is 5.82 Å². The molecule has 11 heteroatoms. The molecule has 0 atom stereocenters. The van der Waals surface area contributed by atoms with Crippen molar-refractivity contribution in [2.24, 2.45) is 13.0 Å². The highest BCUT2D eigenvalue weighted by Gasteiger charge is 2.23. The summed E-state index contributed by atoms with van der Waals surface area (Å²) < 4.78 is 21.8. The van der Waals surface area contributed by atoms with Gasteiger partial charge in [-0.3, -0.25) is 14.6 Å². The van der Waals surface area contributed by atoms with Crippen LogP contribution in [0.4, 0.5) is 10.2 Å². The molecule has 0 radical (unpaired) electrons. The second-order valence-electron chi connectivity index (χ2n) is 8.80. The smallest absolute Gasteiger partial charge is 0.250 e. The molecule has 4 heterocycles. The number of thioether (sulfide) groups is 1. The van der Waals surface area contributed by atoms with Crippen LogP contribution in [0.25, 0.3) is 11.0 Å². The first kappa shape index (κ1) is 25.4. The summed E-state index contributed by atoms with van der Waals surface area (Å²) in [4.78, 5) is 33.3. The van der Waals surface area contributed by atoms with Crippen LogP contribution in [0.2, 0.25) is 0 Å². The molecular formula is C24H27ClFN5O3S. The number of aromatic nitrogens is 3. The third-order valence-corrected chi connectivity index (χ3v) is 7.50. The van der Waals surface area contributed by atoms with E-state index in [1.54, 1.807) is 13.1 Å². The van der Waals surface area contributed by atoms with Crippen LogP contribution in [-0.4, -0.2) is 38.8 Å². The summed E-state index contributed by atoms with van der Waals surface area (Å²) in [6.07, 6.45) is 5.05. The topological polar surface area (TPSA) is 98.1 Å². The summed E-state index contributed by atoms with van der Waals surface area (Å²) in [6.45, 7) is 1.04. The molecule has 1 amide bonds. The van der Waals surface area contributed by atoms with Gasteiger partial charge in [0.15, 0.2) is 11.6 Å². The summed E-state index contributed by atoms with van der Waals surface area (Å²) >= 11 is 1.51. The molecule has 1 saturated carbocycles. The van der Waals surface area contributed by atoms with Crippen LogP contribution < -0.4 is 20.9 Å². The van der Waals surface area contributed by atoms with Gasteiger partial charge in [-0.2, -0.15) is 0 Å². The molecule has 2 N–H and O–H groups in total. The average molecular weight is 520 g/mol. The molecule has 8 nitrogen and oxygen atoms in total. The lowest BCUT2D eigenvalue weighted by Gasteiger charge is -2.29. The van der Waals surface area contributed by atoms with Crippen molar-refractivity contribution in [2.45, 2.75) is 43.2 Å². The van der Waals surface area contributed by atoms with E-state index in [9.17, 15) is 14.0 Å². The monoisotopic (exact) mass is 519 g/mol. The number of carbonyl (C=O) groups is 1. The summed E-state index contributed by atoms with van der Waals surface area (Å²) in [6, 6.07) is 7.38. The molecule has 1 aliphatic heterocycles. The summed E-state index contributed by atoms with van der Waals surface area (Å²) in [7, 11) is 1.60. The minimum atomic E-state index is -0.559. The van der Waals surface area contributed by atoms with Crippen LogP contribution in [0.3, 0.4) is 0 Å². The van der Waals surface area contributed by atoms with Crippen molar-refractivity contribution in [3.63, 3.8) is 0 Å². The minimum absolute atomic E-state index is 0. The van der Waals surface area contributed by atoms with Crippen LogP contribution in [0.1, 0.15) is 31.4 Å². The van der Waals surface area contributed by atoms with E-state index in [0.717, 1.165) is 42.5 Å². The largest absolute Gasteiger partial charge is 0.488 e. The molecule has 1 aliphatic carbocycles. The number of pyridine rings is 3. The standard InChI is InChI=1S/C24H26FN5O3S.ClH/c1-30-21(32)9-7-18-22(30)23(17(25)11-27-18)33-12-14-2-4-15(5-3-14)26-10-16-6-8-19-24(28-16)29-20(31)13-34-19;/h6-9,11,14-15,26H,2-5,10,12-13H2,1H3,(H,28,29,31);1H. The number of hydrogen-bond acceptors (Lipinski definition) is 7. The SMILES string of the molecule is Cl.Cn1c(=O)ccc2ncc(F)c(OCC3CCC(NCc4ccc5c(n4)NC(=O)CS5)CC3)c21. The molecule has 2 aliphatic rings. The van der Waals surface area contributed by atoms with Crippen LogP contribution in [0.15, 0.2) is 40.2 Å². The van der Waals surface area contributed by atoms with Crippen LogP contribution in [0, 0.1) is 11.7 Å². The fourth-order valence-corrected chi connectivity index (χ4v) is 5.27. The molecule has 5 rings (SSSR count). The van der Waals surface area contributed by atoms with Gasteiger partial charge in [0.25, 0.3) is 5.56 Å². The third kappa shape index (κ3) is 5.60. The van der Waals surface area contributed by atoms with E-state index in [0.29, 0.717) is 47.7 Å². The molecule has 1 fully saturated rings. The van der Waals surface area contributed by atoms with E-state index in [1.165, 1.54) is 22.4 Å². The highest BCUT2D eigenvalue weighted by atomic mass is 35.5. The molecule has 0 aromatic carbocycles. The number of hydrogen-bond donors (Lipinski definition) is 2. The number of halogens is 2. The molecule has 0 unspecified atom stereocenters. The van der Waals surface area contributed by atoms with Gasteiger partial charge in [-0.25, -0.2) is 9.37 Å². The lowest BCUT2D eigenvalue weighted by molar-refractivity contribution is -0.113. The maximum Gasteiger partial charge on any atom is 0.250 e. The van der Waals surface area contributed by atoms with Gasteiger partial charge in [0.2, 0.25) is 5.91 Å². The van der Waals surface area contributed by atoms with Crippen molar-refractivity contribution >= 4 is 46.9 Å². The normalized spacial score (nSPS) is 19.5. The number of nitrogens with one attached hydrogen (secondary N) is 2. The fourth-order valence-electron chi connectivity index (χ4n) is 4.52. The Bertz CT molecular complexity index is 1300. The Morgan fingerprint density at radius 1 is 1.20 bits per heavy atom. The van der Waals surface area contributed by atoms with Gasteiger partial charge in [-0.05, 0) is 49.8 Å². The maximum absolute atomic E-state index is 14.5. The van der Waals surface area contributed by atoms with Crippen molar-refractivity contribution in [2.75, 3.05) is 17.7 Å². The molecular weight excluding hydrogens is 493 g/mol. The Hall–Kier alpha value is -2.69. The third-order valence-electron chi connectivity index (χ3n) is 6.46. The van der Waals surface area contributed by atoms with E-state index in [1.807, 2.05) is 12.1 Å². The number of nitrogens with zero attached hydrogens (tertiary/aromatic N) is 3. The predicted octanol–water partition coefficient (Wildman–Crippen LogP) is 3.66. The van der Waals surface area contributed by atoms with Gasteiger partial charge in [0.1, 0.15) is 11.3 Å². The van der Waals surface area contributed by atoms with Gasteiger partial charge in [-0.1, -0.05) is 0 Å². The zero-order valence-corrected chi connectivity index (χ0v) is 20.9. The molecule has 35 heavy (non-hydrogen) atoms. The molecule has 3 aromatic heterocycles. The van der Waals surface area contributed by atoms with Crippen molar-refractivity contribution in [3.8, 4) is 5.75 Å². The van der Waals surface area contributed by atoms with Gasteiger partial charge in [0, 0.05) is 25.7 Å². The van der Waals surface area contributed by atoms with Crippen LogP contribution in [0.5, 0.6) is 5.75 Å². The molecule has 0 saturated heterocycles. The van der Waals surface area contributed by atoms with Gasteiger partial charge in [-0.15, -0.1) is 24.2 Å². The van der Waals surface area contributed by atoms with Crippen molar-refractivity contribution < 1.29 is 13.9 Å². The van der Waals surface area contributed by atoms with E-state index in [2.05, 4.69) is 20.6 Å². The van der Waals surface area contributed by atoms with Crippen molar-refractivity contribution in [3.05, 3.63) is 52.3 Å². The molecule has 186 valence electrons. The predicted molar refractivity (Wildman–Crippen MR) is 136 cm³/mol. The maximum atomic E-state index is 14.5. The van der Waals surface area contributed by atoms with Crippen molar-refractivity contribution in [1.82, 2.24) is 19.9 Å². The van der Waals surface area contributed by atoms with Crippen LogP contribution in [-0.2, 0) is 18.4 Å². The summed E-state index contributed by atoms with van der Waals surface area (Å²) in [5.74, 6) is 0.912. The van der Waals surface area contributed by atoms with E-state index in [-0.39, 0.29) is 29.6 Å². The Labute approximate surface area is 212 Å². The zero-order chi connectivity index (χ0) is 23.7. The Morgan fingerprint density at radius 2 is 2.00 bits per heavy atom. The average Bonchev–Trinajstić information content (AvgIpc) is 2.85. The highest BCUT2D eigenvalue weighted by molar-refractivity contribution is 8.00. The lowest BCUT2D eigenvalue weighted by Crippen LogP contribution is -2.34. The first-order valence-electron chi connectivity index (χ1n) is 11.4. The van der Waals surface area contributed by atoms with Gasteiger partial charge >= 0.3 is 0 Å². The Kier molecular flexibility index (Phi) is 7.93. The van der Waals surface area contributed by atoms with Crippen LogP contribution >= 0.6 is 24.2 Å². The van der Waals surface area contributed by atoms with Gasteiger partial charge in [0.05, 0.1) is 34.7 Å². The number of carbonyl (C=O) groups excluding carboxylic acids is 1. The van der Waals surface area contributed by atoms with Crippen molar-refractivity contribution in [1.29, 1.82) is 0 Å². The quantitative estimate of drug-likeness (QED) is 0.513. The summed E-state index contributed by atoms with van der Waals surface area (Å²) in [5, 5.41) is 6.40. The molecule has 3 aromatic rings. The second-order valence-corrected chi connectivity index (χ2v) is 9.81. The fraction of sp³-hybridized carbons (Fsp3) is 0.417. The van der Waals surface area contributed by atoms with Gasteiger partial charge < -0.3 is 19.9 Å². The second kappa shape index (κ2) is 10.9. The van der Waals surface area contributed by atoms with E-state index in [4.69, 9.17) is 4.74 Å². The first-order chi connectivity index (χ1) is 16.5. The van der Waals surface area contributed by atoms with E-state index >= 15 is 0 Å². The number of anilines is 1. The number of amides is 1. The number of rotatable bonds is 6. The summed E-state index contributed by atoms with van der Waals surface area (Å²) in [5.41, 5.74) is 1.58.